The SMILES string of the molecule is CN(C(=O)/C=C/C1=Cc2cc(Cl)ccc2OC1)c1c(N)n(Cc2ccccc2)c(=O)[nH]c1=O. The first-order chi connectivity index (χ1) is 15.8. The number of aromatic nitrogens is 2. The number of anilines is 2. The zero-order valence-corrected chi connectivity index (χ0v) is 18.5. The van der Waals surface area contributed by atoms with Crippen LogP contribution >= 0.6 is 11.6 Å². The molecule has 168 valence electrons. The minimum Gasteiger partial charge on any atom is -0.488 e. The van der Waals surface area contributed by atoms with Crippen molar-refractivity contribution in [2.24, 2.45) is 0 Å². The maximum atomic E-state index is 12.8. The lowest BCUT2D eigenvalue weighted by Gasteiger charge is -2.19. The quantitative estimate of drug-likeness (QED) is 0.564. The Labute approximate surface area is 194 Å². The van der Waals surface area contributed by atoms with Gasteiger partial charge in [-0.25, -0.2) is 4.79 Å². The molecule has 3 aromatic rings. The van der Waals surface area contributed by atoms with Crippen molar-refractivity contribution in [3.63, 3.8) is 0 Å². The normalized spacial score (nSPS) is 12.7. The van der Waals surface area contributed by atoms with E-state index in [1.807, 2.05) is 36.4 Å². The number of carbonyl (C=O) groups excluding carboxylic acids is 1. The summed E-state index contributed by atoms with van der Waals surface area (Å²) in [5, 5.41) is 0.579. The molecule has 3 N–H and O–H groups in total. The van der Waals surface area contributed by atoms with Gasteiger partial charge in [0, 0.05) is 23.7 Å². The largest absolute Gasteiger partial charge is 0.488 e. The van der Waals surface area contributed by atoms with Crippen LogP contribution in [0, 0.1) is 0 Å². The number of nitrogens with zero attached hydrogens (tertiary/aromatic N) is 2. The third-order valence-electron chi connectivity index (χ3n) is 5.21. The summed E-state index contributed by atoms with van der Waals surface area (Å²) < 4.78 is 6.90. The van der Waals surface area contributed by atoms with Gasteiger partial charge in [-0.15, -0.1) is 0 Å². The number of rotatable bonds is 5. The van der Waals surface area contributed by atoms with Crippen LogP contribution in [-0.2, 0) is 11.3 Å². The summed E-state index contributed by atoms with van der Waals surface area (Å²) in [7, 11) is 1.42. The van der Waals surface area contributed by atoms with E-state index >= 15 is 0 Å². The number of hydrogen-bond donors (Lipinski definition) is 2. The molecular formula is C24H21ClN4O4. The fourth-order valence-corrected chi connectivity index (χ4v) is 3.67. The molecule has 4 rings (SSSR count). The number of hydrogen-bond acceptors (Lipinski definition) is 5. The second-order valence-electron chi connectivity index (χ2n) is 7.49. The van der Waals surface area contributed by atoms with E-state index in [4.69, 9.17) is 22.1 Å². The summed E-state index contributed by atoms with van der Waals surface area (Å²) in [5.41, 5.74) is 7.05. The Morgan fingerprint density at radius 1 is 1.24 bits per heavy atom. The summed E-state index contributed by atoms with van der Waals surface area (Å²) >= 11 is 6.03. The van der Waals surface area contributed by atoms with Crippen molar-refractivity contribution >= 4 is 35.1 Å². The molecule has 0 radical (unpaired) electrons. The number of nitrogens with one attached hydrogen (secondary N) is 1. The van der Waals surface area contributed by atoms with Gasteiger partial charge in [0.15, 0.2) is 5.69 Å². The Bertz CT molecular complexity index is 1390. The second-order valence-corrected chi connectivity index (χ2v) is 7.92. The topological polar surface area (TPSA) is 110 Å². The summed E-state index contributed by atoms with van der Waals surface area (Å²) in [6.07, 6.45) is 4.79. The first-order valence-electron chi connectivity index (χ1n) is 10.1. The average Bonchev–Trinajstić information content (AvgIpc) is 2.80. The van der Waals surface area contributed by atoms with Gasteiger partial charge in [0.05, 0.1) is 6.54 Å². The summed E-state index contributed by atoms with van der Waals surface area (Å²) in [6.45, 7) is 0.437. The highest BCUT2D eigenvalue weighted by molar-refractivity contribution is 6.30. The predicted octanol–water partition coefficient (Wildman–Crippen LogP) is 2.82. The molecule has 0 aliphatic carbocycles. The van der Waals surface area contributed by atoms with Crippen molar-refractivity contribution in [1.29, 1.82) is 0 Å². The molecule has 1 aromatic heterocycles. The van der Waals surface area contributed by atoms with Crippen LogP contribution < -0.4 is 26.6 Å². The maximum absolute atomic E-state index is 12.8. The Hall–Kier alpha value is -4.04. The molecule has 0 saturated carbocycles. The smallest absolute Gasteiger partial charge is 0.330 e. The van der Waals surface area contributed by atoms with Crippen LogP contribution in [0.5, 0.6) is 5.75 Å². The Kier molecular flexibility index (Phi) is 6.19. The number of benzene rings is 2. The van der Waals surface area contributed by atoms with Crippen LogP contribution in [0.4, 0.5) is 11.5 Å². The Morgan fingerprint density at radius 3 is 2.76 bits per heavy atom. The molecule has 8 nitrogen and oxygen atoms in total. The van der Waals surface area contributed by atoms with Gasteiger partial charge in [-0.2, -0.15) is 0 Å². The maximum Gasteiger partial charge on any atom is 0.330 e. The molecule has 0 saturated heterocycles. The molecular weight excluding hydrogens is 444 g/mol. The first kappa shape index (κ1) is 22.2. The van der Waals surface area contributed by atoms with Gasteiger partial charge in [0.1, 0.15) is 18.2 Å². The van der Waals surface area contributed by atoms with Crippen molar-refractivity contribution < 1.29 is 9.53 Å². The van der Waals surface area contributed by atoms with E-state index < -0.39 is 17.2 Å². The molecule has 0 atom stereocenters. The number of nitrogen functional groups attached to an aromatic ring is 1. The Balaban J connectivity index is 1.59. The van der Waals surface area contributed by atoms with Gasteiger partial charge in [-0.1, -0.05) is 48.0 Å². The summed E-state index contributed by atoms with van der Waals surface area (Å²) in [6, 6.07) is 14.5. The Morgan fingerprint density at radius 2 is 2.00 bits per heavy atom. The van der Waals surface area contributed by atoms with Crippen LogP contribution in [0.15, 0.2) is 75.8 Å². The fraction of sp³-hybridized carbons (Fsp3) is 0.125. The molecule has 0 fully saturated rings. The molecule has 0 unspecified atom stereocenters. The predicted molar refractivity (Wildman–Crippen MR) is 129 cm³/mol. The highest BCUT2D eigenvalue weighted by atomic mass is 35.5. The lowest BCUT2D eigenvalue weighted by molar-refractivity contribution is -0.113. The minimum atomic E-state index is -0.741. The van der Waals surface area contributed by atoms with Gasteiger partial charge in [-0.05, 0) is 35.4 Å². The number of likely N-dealkylation sites (N-methyl/N-ethyl adjacent to an activating group) is 1. The van der Waals surface area contributed by atoms with Crippen LogP contribution in [0.25, 0.3) is 6.08 Å². The number of carbonyl (C=O) groups is 1. The van der Waals surface area contributed by atoms with Crippen molar-refractivity contribution in [2.75, 3.05) is 24.3 Å². The second kappa shape index (κ2) is 9.22. The molecule has 9 heteroatoms. The highest BCUT2D eigenvalue weighted by Crippen LogP contribution is 2.29. The molecule has 0 bridgehead atoms. The van der Waals surface area contributed by atoms with E-state index in [1.165, 1.54) is 17.7 Å². The molecule has 2 aromatic carbocycles. The van der Waals surface area contributed by atoms with Crippen LogP contribution in [0.2, 0.25) is 5.02 Å². The third-order valence-corrected chi connectivity index (χ3v) is 5.45. The molecule has 1 aliphatic rings. The molecule has 2 heterocycles. The van der Waals surface area contributed by atoms with Crippen molar-refractivity contribution in [3.8, 4) is 5.75 Å². The van der Waals surface area contributed by atoms with Gasteiger partial charge in [0.25, 0.3) is 11.5 Å². The number of halogens is 1. The van der Waals surface area contributed by atoms with Crippen LogP contribution in [0.1, 0.15) is 11.1 Å². The standard InChI is InChI=1S/C24H21ClN4O4/c1-28(20(30)10-7-16-11-17-12-18(25)8-9-19(17)33-14-16)21-22(26)29(24(32)27-23(21)31)13-15-5-3-2-4-6-15/h2-12H,13-14,26H2,1H3,(H,27,31,32)/b10-7+. The molecule has 1 amide bonds. The number of nitrogens with two attached hydrogens (primary N) is 1. The van der Waals surface area contributed by atoms with E-state index in [-0.39, 0.29) is 24.7 Å². The first-order valence-corrected chi connectivity index (χ1v) is 10.5. The third kappa shape index (κ3) is 4.75. The van der Waals surface area contributed by atoms with E-state index in [0.717, 1.165) is 21.6 Å². The minimum absolute atomic E-state index is 0.0966. The van der Waals surface area contributed by atoms with Crippen molar-refractivity contribution in [1.82, 2.24) is 9.55 Å². The number of ether oxygens (including phenoxy) is 1. The highest BCUT2D eigenvalue weighted by Gasteiger charge is 2.20. The monoisotopic (exact) mass is 464 g/mol. The van der Waals surface area contributed by atoms with Crippen LogP contribution in [-0.4, -0.2) is 29.1 Å². The number of H-pyrrole nitrogens is 1. The van der Waals surface area contributed by atoms with Gasteiger partial charge < -0.3 is 15.4 Å². The number of aromatic amines is 1. The van der Waals surface area contributed by atoms with Gasteiger partial charge in [-0.3, -0.25) is 19.1 Å². The summed E-state index contributed by atoms with van der Waals surface area (Å²) in [4.78, 5) is 41.0. The molecule has 33 heavy (non-hydrogen) atoms. The lowest BCUT2D eigenvalue weighted by Crippen LogP contribution is -2.39. The number of fused-ring (bicyclic) bond motifs is 1. The van der Waals surface area contributed by atoms with Crippen molar-refractivity contribution in [2.45, 2.75) is 6.54 Å². The van der Waals surface area contributed by atoms with E-state index in [0.29, 0.717) is 10.8 Å². The van der Waals surface area contributed by atoms with Gasteiger partial charge in [0.2, 0.25) is 0 Å². The number of amides is 1. The molecule has 0 spiro atoms. The zero-order valence-electron chi connectivity index (χ0n) is 17.7. The van der Waals surface area contributed by atoms with E-state index in [9.17, 15) is 14.4 Å². The average molecular weight is 465 g/mol. The van der Waals surface area contributed by atoms with Crippen molar-refractivity contribution in [3.05, 3.63) is 103 Å². The molecule has 1 aliphatic heterocycles. The van der Waals surface area contributed by atoms with E-state index in [2.05, 4.69) is 4.98 Å². The van der Waals surface area contributed by atoms with Crippen LogP contribution in [0.3, 0.4) is 0 Å². The lowest BCUT2D eigenvalue weighted by atomic mass is 10.1. The van der Waals surface area contributed by atoms with E-state index in [1.54, 1.807) is 24.3 Å². The summed E-state index contributed by atoms with van der Waals surface area (Å²) in [5.74, 6) is 0.121. The van der Waals surface area contributed by atoms with Gasteiger partial charge >= 0.3 is 5.69 Å². The zero-order chi connectivity index (χ0) is 23.5. The fourth-order valence-electron chi connectivity index (χ4n) is 3.49.